The van der Waals surface area contributed by atoms with Crippen LogP contribution in [0.2, 0.25) is 5.02 Å². The summed E-state index contributed by atoms with van der Waals surface area (Å²) in [6.07, 6.45) is 0.0601. The van der Waals surface area contributed by atoms with Gasteiger partial charge in [0, 0.05) is 10.7 Å². The molecule has 0 atom stereocenters. The van der Waals surface area contributed by atoms with Gasteiger partial charge in [-0.05, 0) is 80.4 Å². The van der Waals surface area contributed by atoms with Crippen LogP contribution in [0.1, 0.15) is 25.0 Å². The van der Waals surface area contributed by atoms with E-state index in [0.717, 1.165) is 11.3 Å². The van der Waals surface area contributed by atoms with Crippen LogP contribution in [0.4, 0.5) is 11.4 Å². The third kappa shape index (κ3) is 4.39. The van der Waals surface area contributed by atoms with Crippen LogP contribution < -0.4 is 15.0 Å². The van der Waals surface area contributed by atoms with Crippen LogP contribution in [0.25, 0.3) is 5.57 Å². The van der Waals surface area contributed by atoms with E-state index in [2.05, 4.69) is 5.32 Å². The molecule has 0 bridgehead atoms. The second-order valence-corrected chi connectivity index (χ2v) is 8.29. The second kappa shape index (κ2) is 8.89. The zero-order valence-electron chi connectivity index (χ0n) is 18.1. The molecule has 5 nitrogen and oxygen atoms in total. The molecule has 1 aliphatic rings. The molecule has 1 N–H and O–H groups in total. The predicted octanol–water partition coefficient (Wildman–Crippen LogP) is 5.83. The lowest BCUT2D eigenvalue weighted by atomic mass is 10.0. The average Bonchev–Trinajstić information content (AvgIpc) is 2.99. The van der Waals surface area contributed by atoms with Crippen LogP contribution in [-0.2, 0) is 9.59 Å². The number of anilines is 2. The van der Waals surface area contributed by atoms with E-state index in [4.69, 9.17) is 16.3 Å². The Hall–Kier alpha value is -3.57. The fraction of sp³-hybridized carbons (Fsp3) is 0.154. The van der Waals surface area contributed by atoms with Gasteiger partial charge in [0.05, 0.1) is 17.4 Å². The minimum absolute atomic E-state index is 0.0601. The number of aryl methyl sites for hydroxylation is 1. The maximum atomic E-state index is 13.4. The van der Waals surface area contributed by atoms with Crippen molar-refractivity contribution < 1.29 is 14.3 Å². The van der Waals surface area contributed by atoms with Crippen molar-refractivity contribution in [3.8, 4) is 5.75 Å². The first-order valence-corrected chi connectivity index (χ1v) is 10.7. The van der Waals surface area contributed by atoms with Crippen LogP contribution >= 0.6 is 11.6 Å². The molecule has 0 spiro atoms. The van der Waals surface area contributed by atoms with Gasteiger partial charge in [-0.2, -0.15) is 0 Å². The van der Waals surface area contributed by atoms with Gasteiger partial charge in [-0.15, -0.1) is 0 Å². The molecule has 0 fully saturated rings. The molecule has 3 aromatic rings. The summed E-state index contributed by atoms with van der Waals surface area (Å²) in [5.74, 6) is -0.0640. The Morgan fingerprint density at radius 1 is 0.906 bits per heavy atom. The Kier molecular flexibility index (Phi) is 6.01. The first-order valence-electron chi connectivity index (χ1n) is 10.3. The molecule has 0 saturated heterocycles. The third-order valence-corrected chi connectivity index (χ3v) is 5.22. The Bertz CT molecular complexity index is 1200. The fourth-order valence-corrected chi connectivity index (χ4v) is 3.69. The molecule has 32 heavy (non-hydrogen) atoms. The van der Waals surface area contributed by atoms with Gasteiger partial charge in [0.25, 0.3) is 11.8 Å². The number of carbonyl (C=O) groups excluding carboxylic acids is 2. The van der Waals surface area contributed by atoms with E-state index in [9.17, 15) is 9.59 Å². The SMILES string of the molecule is Cc1cccc(N2C(=O)C(Nc3ccc(OC(C)C)cc3)=C(c3ccc(Cl)cc3)C2=O)c1. The van der Waals surface area contributed by atoms with Crippen molar-refractivity contribution in [1.82, 2.24) is 0 Å². The lowest BCUT2D eigenvalue weighted by molar-refractivity contribution is -0.120. The normalized spacial score (nSPS) is 13.8. The number of amides is 2. The van der Waals surface area contributed by atoms with Crippen LogP contribution in [0.3, 0.4) is 0 Å². The minimum Gasteiger partial charge on any atom is -0.491 e. The van der Waals surface area contributed by atoms with E-state index in [1.165, 1.54) is 4.90 Å². The van der Waals surface area contributed by atoms with Crippen molar-refractivity contribution in [3.05, 3.63) is 94.6 Å². The van der Waals surface area contributed by atoms with Crippen LogP contribution in [0.5, 0.6) is 5.75 Å². The maximum Gasteiger partial charge on any atom is 0.282 e. The Morgan fingerprint density at radius 2 is 1.59 bits per heavy atom. The molecule has 0 aliphatic carbocycles. The van der Waals surface area contributed by atoms with E-state index in [-0.39, 0.29) is 17.7 Å². The average molecular weight is 447 g/mol. The molecular formula is C26H23ClN2O3. The number of nitrogens with zero attached hydrogens (tertiary/aromatic N) is 1. The molecule has 1 aliphatic heterocycles. The number of benzene rings is 3. The van der Waals surface area contributed by atoms with Crippen molar-refractivity contribution in [2.45, 2.75) is 26.9 Å². The van der Waals surface area contributed by atoms with Gasteiger partial charge in [-0.1, -0.05) is 35.9 Å². The smallest absolute Gasteiger partial charge is 0.282 e. The number of rotatable bonds is 6. The van der Waals surface area contributed by atoms with Crippen molar-refractivity contribution in [2.24, 2.45) is 0 Å². The lowest BCUT2D eigenvalue weighted by Crippen LogP contribution is -2.32. The number of hydrogen-bond acceptors (Lipinski definition) is 4. The highest BCUT2D eigenvalue weighted by Gasteiger charge is 2.40. The van der Waals surface area contributed by atoms with Crippen LogP contribution in [0.15, 0.2) is 78.5 Å². The number of ether oxygens (including phenoxy) is 1. The fourth-order valence-electron chi connectivity index (χ4n) is 3.56. The molecule has 0 radical (unpaired) electrons. The molecule has 0 unspecified atom stereocenters. The lowest BCUT2D eigenvalue weighted by Gasteiger charge is -2.16. The highest BCUT2D eigenvalue weighted by Crippen LogP contribution is 2.34. The molecular weight excluding hydrogens is 424 g/mol. The standard InChI is InChI=1S/C26H23ClN2O3/c1-16(2)32-22-13-11-20(12-14-22)28-24-23(18-7-9-19(27)10-8-18)25(30)29(26(24)31)21-6-4-5-17(3)15-21/h4-16,28H,1-3H3. The van der Waals surface area contributed by atoms with E-state index in [1.54, 1.807) is 30.3 Å². The molecule has 0 aromatic heterocycles. The van der Waals surface area contributed by atoms with Crippen molar-refractivity contribution in [1.29, 1.82) is 0 Å². The molecule has 3 aromatic carbocycles. The first-order chi connectivity index (χ1) is 15.3. The molecule has 162 valence electrons. The topological polar surface area (TPSA) is 58.6 Å². The van der Waals surface area contributed by atoms with E-state index < -0.39 is 5.91 Å². The van der Waals surface area contributed by atoms with Gasteiger partial charge < -0.3 is 10.1 Å². The summed E-state index contributed by atoms with van der Waals surface area (Å²) in [4.78, 5) is 28.1. The number of imide groups is 1. The number of nitrogens with one attached hydrogen (secondary N) is 1. The Labute approximate surface area is 192 Å². The quantitative estimate of drug-likeness (QED) is 0.484. The van der Waals surface area contributed by atoms with Crippen molar-refractivity contribution in [3.63, 3.8) is 0 Å². The third-order valence-electron chi connectivity index (χ3n) is 4.97. The van der Waals surface area contributed by atoms with Gasteiger partial charge in [-0.3, -0.25) is 9.59 Å². The highest BCUT2D eigenvalue weighted by molar-refractivity contribution is 6.46. The number of halogens is 1. The van der Waals surface area contributed by atoms with Gasteiger partial charge >= 0.3 is 0 Å². The molecule has 2 amide bonds. The molecule has 4 rings (SSSR count). The summed E-state index contributed by atoms with van der Waals surface area (Å²) in [6.45, 7) is 5.83. The monoisotopic (exact) mass is 446 g/mol. The zero-order valence-corrected chi connectivity index (χ0v) is 18.8. The summed E-state index contributed by atoms with van der Waals surface area (Å²) < 4.78 is 5.68. The van der Waals surface area contributed by atoms with Crippen molar-refractivity contribution >= 4 is 40.4 Å². The molecule has 1 heterocycles. The van der Waals surface area contributed by atoms with Crippen molar-refractivity contribution in [2.75, 3.05) is 10.2 Å². The largest absolute Gasteiger partial charge is 0.491 e. The highest BCUT2D eigenvalue weighted by atomic mass is 35.5. The molecule has 6 heteroatoms. The van der Waals surface area contributed by atoms with Gasteiger partial charge in [0.2, 0.25) is 0 Å². The van der Waals surface area contributed by atoms with Gasteiger partial charge in [0.1, 0.15) is 11.4 Å². The van der Waals surface area contributed by atoms with Gasteiger partial charge in [-0.25, -0.2) is 4.90 Å². The Morgan fingerprint density at radius 3 is 2.22 bits per heavy atom. The zero-order chi connectivity index (χ0) is 22.8. The Balaban J connectivity index is 1.74. The number of carbonyl (C=O) groups is 2. The summed E-state index contributed by atoms with van der Waals surface area (Å²) in [7, 11) is 0. The first kappa shape index (κ1) is 21.7. The second-order valence-electron chi connectivity index (χ2n) is 7.86. The van der Waals surface area contributed by atoms with E-state index >= 15 is 0 Å². The van der Waals surface area contributed by atoms with E-state index in [0.29, 0.717) is 27.5 Å². The summed E-state index contributed by atoms with van der Waals surface area (Å²) in [5.41, 5.74) is 3.30. The van der Waals surface area contributed by atoms with Crippen LogP contribution in [0, 0.1) is 6.92 Å². The number of hydrogen-bond donors (Lipinski definition) is 1. The summed E-state index contributed by atoms with van der Waals surface area (Å²) in [5, 5.41) is 3.71. The van der Waals surface area contributed by atoms with Gasteiger partial charge in [0.15, 0.2) is 0 Å². The predicted molar refractivity (Wildman–Crippen MR) is 128 cm³/mol. The minimum atomic E-state index is -0.409. The van der Waals surface area contributed by atoms with E-state index in [1.807, 2.05) is 63.2 Å². The van der Waals surface area contributed by atoms with Crippen LogP contribution in [-0.4, -0.2) is 17.9 Å². The summed E-state index contributed by atoms with van der Waals surface area (Å²) in [6, 6.07) is 21.5. The maximum absolute atomic E-state index is 13.4. The summed E-state index contributed by atoms with van der Waals surface area (Å²) >= 11 is 6.04. The molecule has 0 saturated carbocycles.